The Kier molecular flexibility index (Phi) is 12.9. The van der Waals surface area contributed by atoms with Gasteiger partial charge in [0.2, 0.25) is 11.8 Å². The molecule has 4 heterocycles. The lowest BCUT2D eigenvalue weighted by atomic mass is 9.62. The molecule has 2 amide bonds. The number of aliphatic hydroxyl groups excluding tert-OH is 1. The lowest BCUT2D eigenvalue weighted by Crippen LogP contribution is -2.70. The van der Waals surface area contributed by atoms with Crippen LogP contribution in [-0.4, -0.2) is 114 Å². The molecule has 0 aromatic heterocycles. The number of carbonyl (C=O) groups is 4. The summed E-state index contributed by atoms with van der Waals surface area (Å²) in [6.07, 6.45) is 2.35. The number of nitrogens with zero attached hydrogens (tertiary/aromatic N) is 2. The molecular weight excluding hydrogens is 727 g/mol. The first kappa shape index (κ1) is 41.1. The van der Waals surface area contributed by atoms with Gasteiger partial charge in [-0.15, -0.1) is 0 Å². The Morgan fingerprint density at radius 2 is 1.80 bits per heavy atom. The zero-order chi connectivity index (χ0) is 39.4. The van der Waals surface area contributed by atoms with Gasteiger partial charge in [-0.1, -0.05) is 63.8 Å². The summed E-state index contributed by atoms with van der Waals surface area (Å²) in [4.78, 5) is 62.9. The van der Waals surface area contributed by atoms with Crippen LogP contribution in [0.5, 0.6) is 0 Å². The molecule has 16 heteroatoms. The molecule has 2 bridgehead atoms. The third-order valence-corrected chi connectivity index (χ3v) is 11.3. The summed E-state index contributed by atoms with van der Waals surface area (Å²) in [5, 5.41) is 13.5. The molecule has 0 spiro atoms. The highest BCUT2D eigenvalue weighted by Gasteiger charge is 2.77. The molecule has 0 unspecified atom stereocenters. The zero-order valence-corrected chi connectivity index (χ0v) is 31.4. The molecule has 0 radical (unpaired) electrons. The van der Waals surface area contributed by atoms with Gasteiger partial charge in [0.1, 0.15) is 35.9 Å². The van der Waals surface area contributed by atoms with Gasteiger partial charge in [0.15, 0.2) is 18.4 Å². The maximum Gasteiger partial charge on any atom is 0.422 e. The Morgan fingerprint density at radius 1 is 1.07 bits per heavy atom. The molecule has 6 rings (SSSR count). The van der Waals surface area contributed by atoms with Crippen molar-refractivity contribution in [3.63, 3.8) is 0 Å². The van der Waals surface area contributed by atoms with Crippen molar-refractivity contribution in [1.29, 1.82) is 0 Å². The summed E-state index contributed by atoms with van der Waals surface area (Å²) in [5.74, 6) is -3.56. The normalized spacial score (nSPS) is 29.7. The van der Waals surface area contributed by atoms with Gasteiger partial charge in [0.25, 0.3) is 0 Å². The lowest BCUT2D eigenvalue weighted by Gasteiger charge is -2.50. The topological polar surface area (TPSA) is 153 Å². The van der Waals surface area contributed by atoms with Crippen LogP contribution in [0.4, 0.5) is 13.2 Å². The summed E-state index contributed by atoms with van der Waals surface area (Å²) in [5.41, 5.74) is -0.411. The van der Waals surface area contributed by atoms with Crippen molar-refractivity contribution in [3.8, 4) is 0 Å². The van der Waals surface area contributed by atoms with Crippen LogP contribution in [0.1, 0.15) is 95.6 Å². The minimum Gasteiger partial charge on any atom is -0.458 e. The quantitative estimate of drug-likeness (QED) is 0.132. The maximum atomic E-state index is 15.2. The molecule has 1 aromatic carbocycles. The van der Waals surface area contributed by atoms with E-state index in [1.165, 1.54) is 16.0 Å². The largest absolute Gasteiger partial charge is 0.458 e. The smallest absolute Gasteiger partial charge is 0.422 e. The van der Waals surface area contributed by atoms with E-state index in [4.69, 9.17) is 19.0 Å². The number of benzene rings is 1. The van der Waals surface area contributed by atoms with E-state index in [0.29, 0.717) is 43.4 Å². The number of esters is 2. The number of ether oxygens (including phenoxy) is 4. The molecule has 1 aliphatic carbocycles. The molecule has 13 nitrogen and oxygen atoms in total. The summed E-state index contributed by atoms with van der Waals surface area (Å²) >= 11 is 0. The lowest BCUT2D eigenvalue weighted by molar-refractivity contribution is -0.225. The van der Waals surface area contributed by atoms with Crippen LogP contribution in [0, 0.1) is 5.41 Å². The number of halogens is 3. The third-order valence-electron chi connectivity index (χ3n) is 11.3. The number of carbonyl (C=O) groups excluding carboxylic acids is 4. The predicted octanol–water partition coefficient (Wildman–Crippen LogP) is 4.35. The van der Waals surface area contributed by atoms with Crippen LogP contribution in [0.25, 0.3) is 6.08 Å². The SMILES string of the molecule is CCCCCC1(CCCCC)O[C@@H]2[C@H](O1)[C@H]1ON(Cc3cccc(C=CC(=O)OCC(F)(F)F)c3)[C@H]3C(=O)O[C@@H]2C[C@@]13C(=O)N1CCC[C@@H]1C(=O)NCCO. The Bertz CT molecular complexity index is 1580. The van der Waals surface area contributed by atoms with Gasteiger partial charge < -0.3 is 34.3 Å². The third kappa shape index (κ3) is 8.73. The summed E-state index contributed by atoms with van der Waals surface area (Å²) in [7, 11) is 0. The van der Waals surface area contributed by atoms with Gasteiger partial charge in [-0.3, -0.25) is 19.2 Å². The van der Waals surface area contributed by atoms with E-state index in [1.807, 2.05) is 0 Å². The fourth-order valence-electron chi connectivity index (χ4n) is 8.86. The Morgan fingerprint density at radius 3 is 2.49 bits per heavy atom. The van der Waals surface area contributed by atoms with Crippen LogP contribution < -0.4 is 5.32 Å². The molecular formula is C39H52F3N3O10. The second-order valence-electron chi connectivity index (χ2n) is 15.2. The van der Waals surface area contributed by atoms with Gasteiger partial charge in [0, 0.05) is 38.4 Å². The molecule has 2 N–H and O–H groups in total. The number of hydrogen-bond acceptors (Lipinski definition) is 11. The van der Waals surface area contributed by atoms with Gasteiger partial charge in [0.05, 0.1) is 13.2 Å². The second kappa shape index (κ2) is 17.3. The zero-order valence-electron chi connectivity index (χ0n) is 31.4. The number of aliphatic hydroxyl groups is 1. The van der Waals surface area contributed by atoms with Crippen LogP contribution in [0.3, 0.4) is 0 Å². The first-order valence-corrected chi connectivity index (χ1v) is 19.5. The average Bonchev–Trinajstić information content (AvgIpc) is 3.88. The number of rotatable bonds is 17. The van der Waals surface area contributed by atoms with E-state index in [0.717, 1.165) is 44.6 Å². The van der Waals surface area contributed by atoms with Crippen LogP contribution in [0.2, 0.25) is 0 Å². The van der Waals surface area contributed by atoms with Crippen molar-refractivity contribution in [3.05, 3.63) is 41.5 Å². The molecule has 4 aliphatic heterocycles. The second-order valence-corrected chi connectivity index (χ2v) is 15.2. The minimum atomic E-state index is -4.65. The van der Waals surface area contributed by atoms with Crippen molar-refractivity contribution in [2.24, 2.45) is 5.41 Å². The standard InChI is InChI=1S/C39H52F3N3O10/c1-3-5-7-16-37(17-8-6-4-2)53-30-28-22-38(36(50)44-19-10-13-27(44)34(48)43-18-20-46)32(35(49)52-28)45(55-33(38)31(30)54-37)23-26-12-9-11-25(21-26)14-15-29(47)51-24-39(40,41)42/h9,11-12,14-15,21,27-28,30-33,46H,3-8,10,13,16-20,22-24H2,1-2H3,(H,43,48)/t27-,28-,30+,31+,32+,33-,38+/m1/s1. The minimum absolute atomic E-state index is 0.00698. The maximum absolute atomic E-state index is 15.2. The van der Waals surface area contributed by atoms with Gasteiger partial charge in [-0.2, -0.15) is 18.2 Å². The Balaban J connectivity index is 1.33. The average molecular weight is 780 g/mol. The first-order valence-electron chi connectivity index (χ1n) is 19.5. The van der Waals surface area contributed by atoms with Crippen molar-refractivity contribution in [2.75, 3.05) is 26.3 Å². The number of hydroxylamine groups is 2. The summed E-state index contributed by atoms with van der Waals surface area (Å²) < 4.78 is 61.7. The van der Waals surface area contributed by atoms with Crippen molar-refractivity contribution in [1.82, 2.24) is 15.3 Å². The highest BCUT2D eigenvalue weighted by molar-refractivity contribution is 5.96. The molecule has 304 valence electrons. The van der Waals surface area contributed by atoms with Gasteiger partial charge >= 0.3 is 18.1 Å². The van der Waals surface area contributed by atoms with E-state index in [2.05, 4.69) is 23.9 Å². The number of alkyl halides is 3. The van der Waals surface area contributed by atoms with Gasteiger partial charge in [-0.25, -0.2) is 4.79 Å². The van der Waals surface area contributed by atoms with Crippen LogP contribution in [-0.2, 0) is 49.5 Å². The number of amides is 2. The number of nitrogens with one attached hydrogen (secondary N) is 1. The fraction of sp³-hybridized carbons (Fsp3) is 0.692. The molecule has 7 atom stereocenters. The molecule has 55 heavy (non-hydrogen) atoms. The van der Waals surface area contributed by atoms with E-state index < -0.39 is 78.3 Å². The van der Waals surface area contributed by atoms with E-state index in [1.54, 1.807) is 24.3 Å². The van der Waals surface area contributed by atoms with E-state index >= 15 is 4.79 Å². The monoisotopic (exact) mass is 779 g/mol. The number of unbranched alkanes of at least 4 members (excludes halogenated alkanes) is 4. The van der Waals surface area contributed by atoms with Crippen LogP contribution >= 0.6 is 0 Å². The summed E-state index contributed by atoms with van der Waals surface area (Å²) in [6.45, 7) is 2.60. The molecule has 1 aromatic rings. The van der Waals surface area contributed by atoms with E-state index in [9.17, 15) is 32.7 Å². The number of likely N-dealkylation sites (tertiary alicyclic amines) is 1. The van der Waals surface area contributed by atoms with Crippen molar-refractivity contribution in [2.45, 2.75) is 139 Å². The number of hydrogen-bond donors (Lipinski definition) is 2. The molecule has 1 saturated carbocycles. The molecule has 5 fully saturated rings. The molecule has 4 saturated heterocycles. The first-order chi connectivity index (χ1) is 26.3. The Hall–Kier alpha value is -3.57. The van der Waals surface area contributed by atoms with E-state index in [-0.39, 0.29) is 32.0 Å². The van der Waals surface area contributed by atoms with Crippen molar-refractivity contribution >= 4 is 29.8 Å². The summed E-state index contributed by atoms with van der Waals surface area (Å²) in [6, 6.07) is 4.75. The number of fused-ring (bicyclic) bond motifs is 4. The Labute approximate surface area is 318 Å². The highest BCUT2D eigenvalue weighted by Crippen LogP contribution is 2.59. The fourth-order valence-corrected chi connectivity index (χ4v) is 8.86. The van der Waals surface area contributed by atoms with Crippen LogP contribution in [0.15, 0.2) is 30.3 Å². The predicted molar refractivity (Wildman–Crippen MR) is 189 cm³/mol. The molecule has 5 aliphatic rings. The van der Waals surface area contributed by atoms with Crippen molar-refractivity contribution < 1.29 is 61.2 Å². The van der Waals surface area contributed by atoms with Gasteiger partial charge in [-0.05, 0) is 42.9 Å². The highest BCUT2D eigenvalue weighted by atomic mass is 19.4.